The van der Waals surface area contributed by atoms with Gasteiger partial charge in [-0.05, 0) is 26.8 Å². The van der Waals surface area contributed by atoms with Gasteiger partial charge in [0, 0.05) is 11.6 Å². The standard InChI is InChI=1S/C18H22N2O3/c1-4-22-16-11-15(20-19)17(23-5-2)10-14(16)18(21)13-8-6-12(3)7-9-13/h6-11,20H,4-5,19H2,1-3H3. The SMILES string of the molecule is CCOc1cc(C(=O)c2ccc(C)cc2)c(OCC)cc1NN. The van der Waals surface area contributed by atoms with Crippen LogP contribution in [0.2, 0.25) is 0 Å². The number of hydrogen-bond acceptors (Lipinski definition) is 5. The van der Waals surface area contributed by atoms with Crippen molar-refractivity contribution in [3.8, 4) is 11.5 Å². The molecule has 0 aliphatic heterocycles. The number of rotatable bonds is 7. The van der Waals surface area contributed by atoms with Crippen molar-refractivity contribution in [1.29, 1.82) is 0 Å². The van der Waals surface area contributed by atoms with Crippen LogP contribution < -0.4 is 20.7 Å². The zero-order valence-corrected chi connectivity index (χ0v) is 13.7. The molecule has 2 rings (SSSR count). The summed E-state index contributed by atoms with van der Waals surface area (Å²) in [5.74, 6) is 6.42. The lowest BCUT2D eigenvalue weighted by atomic mass is 10.0. The number of aryl methyl sites for hydroxylation is 1. The van der Waals surface area contributed by atoms with Crippen LogP contribution in [-0.4, -0.2) is 19.0 Å². The molecule has 0 bridgehead atoms. The number of benzene rings is 2. The van der Waals surface area contributed by atoms with E-state index < -0.39 is 0 Å². The number of nitrogens with one attached hydrogen (secondary N) is 1. The van der Waals surface area contributed by atoms with Crippen molar-refractivity contribution in [2.75, 3.05) is 18.6 Å². The highest BCUT2D eigenvalue weighted by Crippen LogP contribution is 2.34. The number of carbonyl (C=O) groups is 1. The first-order valence-electron chi connectivity index (χ1n) is 7.62. The number of ether oxygens (including phenoxy) is 2. The fraction of sp³-hybridized carbons (Fsp3) is 0.278. The van der Waals surface area contributed by atoms with Gasteiger partial charge < -0.3 is 14.9 Å². The maximum absolute atomic E-state index is 12.8. The Morgan fingerprint density at radius 1 is 1.04 bits per heavy atom. The lowest BCUT2D eigenvalue weighted by molar-refractivity contribution is 0.103. The summed E-state index contributed by atoms with van der Waals surface area (Å²) in [6.07, 6.45) is 0. The van der Waals surface area contributed by atoms with Crippen molar-refractivity contribution in [2.24, 2.45) is 5.84 Å². The second-order valence-electron chi connectivity index (χ2n) is 5.05. The molecule has 2 aromatic rings. The molecule has 5 heteroatoms. The van der Waals surface area contributed by atoms with Crippen LogP contribution in [0.1, 0.15) is 35.3 Å². The molecule has 0 spiro atoms. The number of carbonyl (C=O) groups excluding carboxylic acids is 1. The first-order valence-corrected chi connectivity index (χ1v) is 7.62. The number of ketones is 1. The molecule has 0 aliphatic carbocycles. The Balaban J connectivity index is 2.51. The summed E-state index contributed by atoms with van der Waals surface area (Å²) in [5.41, 5.74) is 5.32. The average molecular weight is 314 g/mol. The van der Waals surface area contributed by atoms with E-state index in [0.717, 1.165) is 5.56 Å². The Hall–Kier alpha value is -2.53. The number of hydrogen-bond donors (Lipinski definition) is 2. The molecule has 0 fully saturated rings. The van der Waals surface area contributed by atoms with Crippen molar-refractivity contribution in [1.82, 2.24) is 0 Å². The topological polar surface area (TPSA) is 73.6 Å². The quantitative estimate of drug-likeness (QED) is 0.466. The van der Waals surface area contributed by atoms with Gasteiger partial charge in [0.25, 0.3) is 0 Å². The molecule has 0 heterocycles. The summed E-state index contributed by atoms with van der Waals surface area (Å²) in [6.45, 7) is 6.64. The largest absolute Gasteiger partial charge is 0.493 e. The van der Waals surface area contributed by atoms with Gasteiger partial charge in [0.2, 0.25) is 0 Å². The smallest absolute Gasteiger partial charge is 0.196 e. The molecule has 0 aliphatic rings. The summed E-state index contributed by atoms with van der Waals surface area (Å²) in [7, 11) is 0. The molecular formula is C18H22N2O3. The summed E-state index contributed by atoms with van der Waals surface area (Å²) >= 11 is 0. The van der Waals surface area contributed by atoms with E-state index in [1.54, 1.807) is 12.1 Å². The van der Waals surface area contributed by atoms with E-state index in [1.807, 2.05) is 45.0 Å². The predicted molar refractivity (Wildman–Crippen MR) is 91.2 cm³/mol. The van der Waals surface area contributed by atoms with E-state index >= 15 is 0 Å². The van der Waals surface area contributed by atoms with Gasteiger partial charge in [0.15, 0.2) is 5.78 Å². The van der Waals surface area contributed by atoms with Crippen molar-refractivity contribution in [2.45, 2.75) is 20.8 Å². The molecule has 23 heavy (non-hydrogen) atoms. The van der Waals surface area contributed by atoms with Crippen LogP contribution in [0.3, 0.4) is 0 Å². The molecule has 0 amide bonds. The van der Waals surface area contributed by atoms with Crippen molar-refractivity contribution in [3.63, 3.8) is 0 Å². The third-order valence-electron chi connectivity index (χ3n) is 3.40. The van der Waals surface area contributed by atoms with Crippen LogP contribution in [0.25, 0.3) is 0 Å². The Kier molecular flexibility index (Phi) is 5.60. The minimum absolute atomic E-state index is 0.113. The first-order chi connectivity index (χ1) is 11.1. The first kappa shape index (κ1) is 16.8. The van der Waals surface area contributed by atoms with Gasteiger partial charge >= 0.3 is 0 Å². The number of nitrogens with two attached hydrogens (primary N) is 1. The molecule has 122 valence electrons. The van der Waals surface area contributed by atoms with Gasteiger partial charge in [-0.15, -0.1) is 0 Å². The molecule has 3 N–H and O–H groups in total. The maximum Gasteiger partial charge on any atom is 0.196 e. The van der Waals surface area contributed by atoms with Crippen LogP contribution in [0.5, 0.6) is 11.5 Å². The third kappa shape index (κ3) is 3.81. The Bertz CT molecular complexity index is 681. The molecule has 0 saturated heterocycles. The van der Waals surface area contributed by atoms with Crippen molar-refractivity contribution < 1.29 is 14.3 Å². The van der Waals surface area contributed by atoms with Crippen molar-refractivity contribution in [3.05, 3.63) is 53.1 Å². The van der Waals surface area contributed by atoms with Crippen LogP contribution in [0, 0.1) is 6.92 Å². The van der Waals surface area contributed by atoms with Crippen LogP contribution in [0.15, 0.2) is 36.4 Å². The van der Waals surface area contributed by atoms with Gasteiger partial charge in [-0.1, -0.05) is 29.8 Å². The number of anilines is 1. The molecule has 0 aromatic heterocycles. The molecule has 0 radical (unpaired) electrons. The van der Waals surface area contributed by atoms with Crippen LogP contribution in [0.4, 0.5) is 5.69 Å². The highest BCUT2D eigenvalue weighted by Gasteiger charge is 2.19. The summed E-state index contributed by atoms with van der Waals surface area (Å²) < 4.78 is 11.2. The van der Waals surface area contributed by atoms with E-state index in [-0.39, 0.29) is 5.78 Å². The molecule has 0 atom stereocenters. The zero-order valence-electron chi connectivity index (χ0n) is 13.7. The van der Waals surface area contributed by atoms with Gasteiger partial charge in [0.05, 0.1) is 24.5 Å². The predicted octanol–water partition coefficient (Wildman–Crippen LogP) is 3.31. The minimum Gasteiger partial charge on any atom is -0.493 e. The molecule has 0 saturated carbocycles. The Morgan fingerprint density at radius 3 is 2.22 bits per heavy atom. The highest BCUT2D eigenvalue weighted by atomic mass is 16.5. The number of hydrazine groups is 1. The lowest BCUT2D eigenvalue weighted by Gasteiger charge is -2.16. The van der Waals surface area contributed by atoms with Crippen LogP contribution in [-0.2, 0) is 0 Å². The van der Waals surface area contributed by atoms with E-state index in [4.69, 9.17) is 15.3 Å². The molecule has 2 aromatic carbocycles. The maximum atomic E-state index is 12.8. The second kappa shape index (κ2) is 7.65. The Morgan fingerprint density at radius 2 is 1.65 bits per heavy atom. The fourth-order valence-electron chi connectivity index (χ4n) is 2.26. The Labute approximate surface area is 136 Å². The van der Waals surface area contributed by atoms with Gasteiger partial charge in [-0.25, -0.2) is 0 Å². The van der Waals surface area contributed by atoms with E-state index in [2.05, 4.69) is 5.43 Å². The third-order valence-corrected chi connectivity index (χ3v) is 3.40. The van der Waals surface area contributed by atoms with Gasteiger partial charge in [-0.3, -0.25) is 10.6 Å². The summed E-state index contributed by atoms with van der Waals surface area (Å²) in [4.78, 5) is 12.8. The van der Waals surface area contributed by atoms with E-state index in [9.17, 15) is 4.79 Å². The minimum atomic E-state index is -0.113. The lowest BCUT2D eigenvalue weighted by Crippen LogP contribution is -2.12. The van der Waals surface area contributed by atoms with Gasteiger partial charge in [0.1, 0.15) is 11.5 Å². The zero-order chi connectivity index (χ0) is 16.8. The summed E-state index contributed by atoms with van der Waals surface area (Å²) in [6, 6.07) is 10.8. The monoisotopic (exact) mass is 314 g/mol. The van der Waals surface area contributed by atoms with Crippen molar-refractivity contribution >= 4 is 11.5 Å². The molecule has 5 nitrogen and oxygen atoms in total. The molecular weight excluding hydrogens is 292 g/mol. The highest BCUT2D eigenvalue weighted by molar-refractivity contribution is 6.11. The van der Waals surface area contributed by atoms with Crippen LogP contribution >= 0.6 is 0 Å². The summed E-state index contributed by atoms with van der Waals surface area (Å²) in [5, 5.41) is 0. The number of nitrogen functional groups attached to an aromatic ring is 1. The second-order valence-corrected chi connectivity index (χ2v) is 5.05. The fourth-order valence-corrected chi connectivity index (χ4v) is 2.26. The average Bonchev–Trinajstić information content (AvgIpc) is 2.56. The van der Waals surface area contributed by atoms with E-state index in [1.165, 1.54) is 0 Å². The van der Waals surface area contributed by atoms with E-state index in [0.29, 0.717) is 41.5 Å². The van der Waals surface area contributed by atoms with Gasteiger partial charge in [-0.2, -0.15) is 0 Å². The molecule has 0 unspecified atom stereocenters. The normalized spacial score (nSPS) is 10.3.